The molecule has 190 valence electrons. The molecule has 3 amide bonds. The van der Waals surface area contributed by atoms with E-state index in [2.05, 4.69) is 5.32 Å². The van der Waals surface area contributed by atoms with Crippen LogP contribution in [0, 0.1) is 5.92 Å². The largest absolute Gasteiger partial charge is 0.491 e. The zero-order valence-corrected chi connectivity index (χ0v) is 21.6. The van der Waals surface area contributed by atoms with Crippen LogP contribution in [0.2, 0.25) is 0 Å². The summed E-state index contributed by atoms with van der Waals surface area (Å²) in [5.41, 5.74) is 0.903. The summed E-state index contributed by atoms with van der Waals surface area (Å²) in [6.45, 7) is 7.28. The Bertz CT molecular complexity index is 860. The molecule has 1 aromatic carbocycles. The van der Waals surface area contributed by atoms with Crippen molar-refractivity contribution in [1.82, 2.24) is 14.7 Å². The number of methoxy groups -OCH3 is 1. The lowest BCUT2D eigenvalue weighted by molar-refractivity contribution is -0.136. The molecule has 0 bridgehead atoms. The topological polar surface area (TPSA) is 91.4 Å². The van der Waals surface area contributed by atoms with Gasteiger partial charge in [0.1, 0.15) is 12.4 Å². The summed E-state index contributed by atoms with van der Waals surface area (Å²) in [5.74, 6) is 0.101. The Balaban J connectivity index is 2.42. The minimum Gasteiger partial charge on any atom is -0.491 e. The molecular formula is C25H40N4O5. The van der Waals surface area contributed by atoms with E-state index in [0.717, 1.165) is 6.42 Å². The molecule has 2 rings (SSSR count). The number of anilines is 1. The first-order chi connectivity index (χ1) is 16.1. The van der Waals surface area contributed by atoms with E-state index in [1.165, 1.54) is 0 Å². The predicted molar refractivity (Wildman–Crippen MR) is 132 cm³/mol. The Morgan fingerprint density at radius 3 is 2.56 bits per heavy atom. The van der Waals surface area contributed by atoms with E-state index in [-0.39, 0.29) is 42.4 Å². The van der Waals surface area contributed by atoms with Crippen LogP contribution in [0.5, 0.6) is 5.75 Å². The predicted octanol–water partition coefficient (Wildman–Crippen LogP) is 2.32. The van der Waals surface area contributed by atoms with E-state index in [1.54, 1.807) is 37.3 Å². The summed E-state index contributed by atoms with van der Waals surface area (Å²) in [5, 5.41) is 2.84. The van der Waals surface area contributed by atoms with Crippen molar-refractivity contribution in [3.8, 4) is 5.75 Å². The summed E-state index contributed by atoms with van der Waals surface area (Å²) in [7, 11) is 7.07. The lowest BCUT2D eigenvalue weighted by Crippen LogP contribution is -2.50. The maximum Gasteiger partial charge on any atom is 0.257 e. The number of fused-ring (bicyclic) bond motifs is 1. The monoisotopic (exact) mass is 476 g/mol. The van der Waals surface area contributed by atoms with Gasteiger partial charge in [0.2, 0.25) is 11.8 Å². The third kappa shape index (κ3) is 7.43. The summed E-state index contributed by atoms with van der Waals surface area (Å²) >= 11 is 0. The van der Waals surface area contributed by atoms with Gasteiger partial charge in [-0.1, -0.05) is 13.8 Å². The van der Waals surface area contributed by atoms with Gasteiger partial charge in [0.25, 0.3) is 5.91 Å². The summed E-state index contributed by atoms with van der Waals surface area (Å²) in [6, 6.07) is 4.86. The molecule has 1 N–H and O–H groups in total. The third-order valence-electron chi connectivity index (χ3n) is 5.98. The molecule has 9 nitrogen and oxygen atoms in total. The van der Waals surface area contributed by atoms with Gasteiger partial charge in [0, 0.05) is 45.3 Å². The van der Waals surface area contributed by atoms with Gasteiger partial charge >= 0.3 is 0 Å². The van der Waals surface area contributed by atoms with Crippen molar-refractivity contribution in [3.63, 3.8) is 0 Å². The van der Waals surface area contributed by atoms with Crippen LogP contribution in [0.15, 0.2) is 18.2 Å². The molecule has 0 saturated heterocycles. The van der Waals surface area contributed by atoms with E-state index in [0.29, 0.717) is 43.1 Å². The maximum atomic E-state index is 13.4. The number of benzene rings is 1. The zero-order valence-electron chi connectivity index (χ0n) is 21.6. The van der Waals surface area contributed by atoms with E-state index < -0.39 is 0 Å². The highest BCUT2D eigenvalue weighted by Crippen LogP contribution is 2.26. The molecule has 9 heteroatoms. The van der Waals surface area contributed by atoms with Crippen molar-refractivity contribution in [2.24, 2.45) is 5.92 Å². The fourth-order valence-electron chi connectivity index (χ4n) is 4.01. The van der Waals surface area contributed by atoms with Crippen molar-refractivity contribution < 1.29 is 23.9 Å². The number of hydrogen-bond donors (Lipinski definition) is 1. The SMILES string of the molecule is CCCC(=O)Nc1ccc2c(c1)C(=O)N(C)C[C@@H](OC)[C@H](C)CN(C(=O)CN(C)C)[C@@H](C)CO2. The van der Waals surface area contributed by atoms with E-state index in [9.17, 15) is 14.4 Å². The van der Waals surface area contributed by atoms with E-state index >= 15 is 0 Å². The highest BCUT2D eigenvalue weighted by atomic mass is 16.5. The average molecular weight is 477 g/mol. The summed E-state index contributed by atoms with van der Waals surface area (Å²) in [4.78, 5) is 43.7. The van der Waals surface area contributed by atoms with Gasteiger partial charge < -0.3 is 29.5 Å². The number of amides is 3. The first kappa shape index (κ1) is 27.6. The second kappa shape index (κ2) is 12.7. The van der Waals surface area contributed by atoms with Gasteiger partial charge in [-0.3, -0.25) is 14.4 Å². The Kier molecular flexibility index (Phi) is 10.3. The molecule has 0 aliphatic carbocycles. The molecule has 0 aromatic heterocycles. The molecule has 0 fully saturated rings. The number of hydrogen-bond acceptors (Lipinski definition) is 6. The van der Waals surface area contributed by atoms with Gasteiger partial charge in [-0.05, 0) is 45.6 Å². The van der Waals surface area contributed by atoms with Gasteiger partial charge in [-0.2, -0.15) is 0 Å². The molecule has 3 atom stereocenters. The fraction of sp³-hybridized carbons (Fsp3) is 0.640. The van der Waals surface area contributed by atoms with Gasteiger partial charge in [0.15, 0.2) is 0 Å². The number of carbonyl (C=O) groups excluding carboxylic acids is 3. The molecule has 34 heavy (non-hydrogen) atoms. The molecular weight excluding hydrogens is 436 g/mol. The molecule has 1 aliphatic heterocycles. The summed E-state index contributed by atoms with van der Waals surface area (Å²) < 4.78 is 11.8. The second-order valence-electron chi connectivity index (χ2n) is 9.39. The van der Waals surface area contributed by atoms with Crippen LogP contribution in [0.1, 0.15) is 44.0 Å². The van der Waals surface area contributed by atoms with Gasteiger partial charge in [-0.15, -0.1) is 0 Å². The fourth-order valence-corrected chi connectivity index (χ4v) is 4.01. The maximum absolute atomic E-state index is 13.4. The third-order valence-corrected chi connectivity index (χ3v) is 5.98. The highest BCUT2D eigenvalue weighted by Gasteiger charge is 2.30. The second-order valence-corrected chi connectivity index (χ2v) is 9.39. The van der Waals surface area contributed by atoms with Crippen LogP contribution in [0.25, 0.3) is 0 Å². The number of likely N-dealkylation sites (N-methyl/N-ethyl adjacent to an activating group) is 2. The molecule has 0 unspecified atom stereocenters. The minimum absolute atomic E-state index is 0.00706. The number of nitrogens with zero attached hydrogens (tertiary/aromatic N) is 3. The first-order valence-corrected chi connectivity index (χ1v) is 11.9. The van der Waals surface area contributed by atoms with Gasteiger partial charge in [0.05, 0.1) is 24.3 Å². The van der Waals surface area contributed by atoms with Crippen LogP contribution < -0.4 is 10.1 Å². The quantitative estimate of drug-likeness (QED) is 0.678. The lowest BCUT2D eigenvalue weighted by Gasteiger charge is -2.36. The molecule has 1 aromatic rings. The number of rotatable bonds is 6. The smallest absolute Gasteiger partial charge is 0.257 e. The number of ether oxygens (including phenoxy) is 2. The number of carbonyl (C=O) groups is 3. The Hall–Kier alpha value is -2.65. The lowest BCUT2D eigenvalue weighted by atomic mass is 10.0. The van der Waals surface area contributed by atoms with Crippen LogP contribution in [0.4, 0.5) is 5.69 Å². The molecule has 1 aliphatic rings. The Morgan fingerprint density at radius 1 is 1.24 bits per heavy atom. The first-order valence-electron chi connectivity index (χ1n) is 11.9. The van der Waals surface area contributed by atoms with Gasteiger partial charge in [-0.25, -0.2) is 0 Å². The van der Waals surface area contributed by atoms with Crippen molar-refractivity contribution in [3.05, 3.63) is 23.8 Å². The van der Waals surface area contributed by atoms with Crippen molar-refractivity contribution in [2.45, 2.75) is 45.8 Å². The minimum atomic E-state index is -0.257. The molecule has 0 spiro atoms. The molecule has 0 saturated carbocycles. The van der Waals surface area contributed by atoms with Crippen LogP contribution >= 0.6 is 0 Å². The van der Waals surface area contributed by atoms with E-state index in [1.807, 2.05) is 44.7 Å². The van der Waals surface area contributed by atoms with Crippen LogP contribution in [-0.4, -0.2) is 99.1 Å². The normalized spacial score (nSPS) is 21.9. The van der Waals surface area contributed by atoms with Crippen LogP contribution in [0.3, 0.4) is 0 Å². The molecule has 0 radical (unpaired) electrons. The molecule has 1 heterocycles. The van der Waals surface area contributed by atoms with Crippen molar-refractivity contribution in [2.75, 3.05) is 59.8 Å². The number of nitrogens with one attached hydrogen (secondary N) is 1. The highest BCUT2D eigenvalue weighted by molar-refractivity contribution is 5.99. The Morgan fingerprint density at radius 2 is 1.94 bits per heavy atom. The van der Waals surface area contributed by atoms with E-state index in [4.69, 9.17) is 9.47 Å². The zero-order chi connectivity index (χ0) is 25.4. The summed E-state index contributed by atoms with van der Waals surface area (Å²) in [6.07, 6.45) is 0.884. The van der Waals surface area contributed by atoms with Crippen LogP contribution in [-0.2, 0) is 14.3 Å². The van der Waals surface area contributed by atoms with Crippen molar-refractivity contribution in [1.29, 1.82) is 0 Å². The Labute approximate surface area is 203 Å². The van der Waals surface area contributed by atoms with Crippen molar-refractivity contribution >= 4 is 23.4 Å². The standard InChI is InChI=1S/C25H40N4O5/c1-8-9-23(30)26-19-10-11-21-20(12-19)25(32)28(6)14-22(33-7)17(2)13-29(18(3)16-34-21)24(31)15-27(4)5/h10-12,17-18,22H,8-9,13-16H2,1-7H3,(H,26,30)/t17-,18+,22-/m1/s1. The average Bonchev–Trinajstić information content (AvgIpc) is 2.77.